The van der Waals surface area contributed by atoms with Gasteiger partial charge in [0.15, 0.2) is 6.29 Å². The molecule has 0 radical (unpaired) electrons. The zero-order chi connectivity index (χ0) is 11.0. The van der Waals surface area contributed by atoms with Crippen LogP contribution in [0.2, 0.25) is 0 Å². The normalized spacial score (nSPS) is 17.2. The van der Waals surface area contributed by atoms with Crippen molar-refractivity contribution in [1.82, 2.24) is 4.98 Å². The van der Waals surface area contributed by atoms with Crippen LogP contribution in [0, 0.1) is 0 Å². The second kappa shape index (κ2) is 3.81. The molecule has 1 saturated heterocycles. The second-order valence-corrected chi connectivity index (χ2v) is 3.94. The maximum absolute atomic E-state index is 5.96. The molecule has 0 bridgehead atoms. The van der Waals surface area contributed by atoms with E-state index in [1.807, 2.05) is 18.2 Å². The smallest absolute Gasteiger partial charge is 0.161 e. The number of fused-ring (bicyclic) bond motifs is 1. The number of H-pyrrole nitrogens is 1. The van der Waals surface area contributed by atoms with Gasteiger partial charge in [-0.3, -0.25) is 0 Å². The lowest BCUT2D eigenvalue weighted by molar-refractivity contribution is -0.0396. The minimum Gasteiger partial charge on any atom is -0.385 e. The molecule has 1 fully saturated rings. The zero-order valence-corrected chi connectivity index (χ0v) is 8.90. The molecule has 0 spiro atoms. The molecule has 0 unspecified atom stereocenters. The Kier molecular flexibility index (Phi) is 2.31. The molecule has 4 heteroatoms. The Hall–Kier alpha value is -1.52. The second-order valence-electron chi connectivity index (χ2n) is 3.94. The number of hydrogen-bond acceptors (Lipinski definition) is 3. The molecule has 0 aliphatic carbocycles. The first-order chi connectivity index (χ1) is 7.84. The Labute approximate surface area is 93.3 Å². The Morgan fingerprint density at radius 2 is 2.00 bits per heavy atom. The van der Waals surface area contributed by atoms with E-state index in [9.17, 15) is 0 Å². The predicted molar refractivity (Wildman–Crippen MR) is 62.1 cm³/mol. The van der Waals surface area contributed by atoms with Gasteiger partial charge in [-0.15, -0.1) is 0 Å². The van der Waals surface area contributed by atoms with Gasteiger partial charge in [0.25, 0.3) is 0 Å². The molecule has 1 aromatic carbocycles. The number of anilines is 1. The van der Waals surface area contributed by atoms with Crippen molar-refractivity contribution in [1.29, 1.82) is 0 Å². The van der Waals surface area contributed by atoms with Gasteiger partial charge in [0.05, 0.1) is 13.2 Å². The molecule has 1 aliphatic heterocycles. The van der Waals surface area contributed by atoms with Gasteiger partial charge < -0.3 is 20.2 Å². The molecule has 16 heavy (non-hydrogen) atoms. The van der Waals surface area contributed by atoms with Crippen LogP contribution < -0.4 is 5.73 Å². The zero-order valence-electron chi connectivity index (χ0n) is 8.90. The summed E-state index contributed by atoms with van der Waals surface area (Å²) in [6.45, 7) is 1.35. The number of nitrogens with one attached hydrogen (secondary N) is 1. The Morgan fingerprint density at radius 3 is 2.81 bits per heavy atom. The van der Waals surface area contributed by atoms with Crippen LogP contribution in [0.4, 0.5) is 5.82 Å². The van der Waals surface area contributed by atoms with Crippen molar-refractivity contribution >= 4 is 16.7 Å². The fourth-order valence-electron chi connectivity index (χ4n) is 2.13. The van der Waals surface area contributed by atoms with Crippen molar-refractivity contribution < 1.29 is 9.47 Å². The molecule has 0 amide bonds. The summed E-state index contributed by atoms with van der Waals surface area (Å²) in [4.78, 5) is 3.17. The number of aromatic nitrogens is 1. The van der Waals surface area contributed by atoms with Gasteiger partial charge in [-0.2, -0.15) is 0 Å². The van der Waals surface area contributed by atoms with E-state index < -0.39 is 0 Å². The number of nitrogen functional groups attached to an aromatic ring is 1. The lowest BCUT2D eigenvalue weighted by Gasteiger charge is -2.08. The van der Waals surface area contributed by atoms with E-state index in [4.69, 9.17) is 15.2 Å². The van der Waals surface area contributed by atoms with Crippen molar-refractivity contribution in [3.8, 4) is 0 Å². The van der Waals surface area contributed by atoms with E-state index in [2.05, 4.69) is 11.1 Å². The quantitative estimate of drug-likeness (QED) is 0.806. The van der Waals surface area contributed by atoms with E-state index in [-0.39, 0.29) is 6.29 Å². The van der Waals surface area contributed by atoms with Gasteiger partial charge >= 0.3 is 0 Å². The van der Waals surface area contributed by atoms with Crippen molar-refractivity contribution in [3.63, 3.8) is 0 Å². The van der Waals surface area contributed by atoms with Crippen molar-refractivity contribution in [2.45, 2.75) is 12.7 Å². The fourth-order valence-corrected chi connectivity index (χ4v) is 2.13. The number of nitrogens with two attached hydrogens (primary N) is 1. The fraction of sp³-hybridized carbons (Fsp3) is 0.333. The molecule has 1 aromatic heterocycles. The lowest BCUT2D eigenvalue weighted by Crippen LogP contribution is -2.12. The van der Waals surface area contributed by atoms with Gasteiger partial charge in [0, 0.05) is 22.9 Å². The van der Waals surface area contributed by atoms with Crippen LogP contribution in [-0.4, -0.2) is 24.5 Å². The first-order valence-electron chi connectivity index (χ1n) is 5.43. The van der Waals surface area contributed by atoms with E-state index in [1.165, 1.54) is 0 Å². The predicted octanol–water partition coefficient (Wildman–Crippen LogP) is 1.67. The number of para-hydroxylation sites is 1. The molecule has 1 aliphatic rings. The molecule has 4 nitrogen and oxygen atoms in total. The highest BCUT2D eigenvalue weighted by Crippen LogP contribution is 2.26. The summed E-state index contributed by atoms with van der Waals surface area (Å²) in [5.74, 6) is 0.709. The average Bonchev–Trinajstić information content (AvgIpc) is 2.89. The van der Waals surface area contributed by atoms with Crippen LogP contribution in [0.25, 0.3) is 10.9 Å². The van der Waals surface area contributed by atoms with Crippen LogP contribution >= 0.6 is 0 Å². The maximum Gasteiger partial charge on any atom is 0.161 e. The first kappa shape index (κ1) is 9.69. The average molecular weight is 218 g/mol. The molecule has 2 heterocycles. The number of hydrogen-bond donors (Lipinski definition) is 2. The van der Waals surface area contributed by atoms with Crippen molar-refractivity contribution in [3.05, 3.63) is 29.8 Å². The summed E-state index contributed by atoms with van der Waals surface area (Å²) in [6, 6.07) is 8.08. The number of ether oxygens (including phenoxy) is 2. The summed E-state index contributed by atoms with van der Waals surface area (Å²) in [7, 11) is 0. The highest BCUT2D eigenvalue weighted by atomic mass is 16.7. The van der Waals surface area contributed by atoms with E-state index >= 15 is 0 Å². The molecule has 0 saturated carbocycles. The molecule has 84 valence electrons. The van der Waals surface area contributed by atoms with E-state index in [0.717, 1.165) is 16.5 Å². The summed E-state index contributed by atoms with van der Waals surface area (Å²) in [5, 5.41) is 1.15. The van der Waals surface area contributed by atoms with E-state index in [1.54, 1.807) is 0 Å². The van der Waals surface area contributed by atoms with Gasteiger partial charge in [0.2, 0.25) is 0 Å². The van der Waals surface area contributed by atoms with Crippen molar-refractivity contribution in [2.24, 2.45) is 0 Å². The molecule has 0 atom stereocenters. The van der Waals surface area contributed by atoms with Gasteiger partial charge in [-0.25, -0.2) is 0 Å². The topological polar surface area (TPSA) is 60.3 Å². The number of rotatable bonds is 2. The minimum atomic E-state index is -0.151. The van der Waals surface area contributed by atoms with Gasteiger partial charge in [0.1, 0.15) is 5.82 Å². The maximum atomic E-state index is 5.96. The lowest BCUT2D eigenvalue weighted by atomic mass is 10.1. The Bertz CT molecular complexity index is 501. The SMILES string of the molecule is Nc1[nH]c2ccccc2c1CC1OCCO1. The first-order valence-corrected chi connectivity index (χ1v) is 5.43. The number of aromatic amines is 1. The van der Waals surface area contributed by atoms with E-state index in [0.29, 0.717) is 25.5 Å². The molecule has 2 aromatic rings. The monoisotopic (exact) mass is 218 g/mol. The van der Waals surface area contributed by atoms with Crippen LogP contribution in [0.1, 0.15) is 5.56 Å². The molecular formula is C12H14N2O2. The molecule has 3 rings (SSSR count). The third-order valence-corrected chi connectivity index (χ3v) is 2.91. The highest BCUT2D eigenvalue weighted by Gasteiger charge is 2.20. The minimum absolute atomic E-state index is 0.151. The molecular weight excluding hydrogens is 204 g/mol. The Balaban J connectivity index is 1.98. The third kappa shape index (κ3) is 1.56. The van der Waals surface area contributed by atoms with Crippen LogP contribution in [0.15, 0.2) is 24.3 Å². The molecule has 3 N–H and O–H groups in total. The summed E-state index contributed by atoms with van der Waals surface area (Å²) >= 11 is 0. The summed E-state index contributed by atoms with van der Waals surface area (Å²) < 4.78 is 10.9. The standard InChI is InChI=1S/C12H14N2O2/c13-12-9(7-11-15-5-6-16-11)8-3-1-2-4-10(8)14-12/h1-4,11,14H,5-7,13H2. The summed E-state index contributed by atoms with van der Waals surface area (Å²) in [6.07, 6.45) is 0.553. The van der Waals surface area contributed by atoms with Crippen LogP contribution in [0.3, 0.4) is 0 Å². The van der Waals surface area contributed by atoms with Crippen LogP contribution in [-0.2, 0) is 15.9 Å². The van der Waals surface area contributed by atoms with Gasteiger partial charge in [-0.1, -0.05) is 18.2 Å². The van der Waals surface area contributed by atoms with Gasteiger partial charge in [-0.05, 0) is 6.07 Å². The van der Waals surface area contributed by atoms with Crippen molar-refractivity contribution in [2.75, 3.05) is 18.9 Å². The largest absolute Gasteiger partial charge is 0.385 e. The highest BCUT2D eigenvalue weighted by molar-refractivity contribution is 5.88. The number of benzene rings is 1. The Morgan fingerprint density at radius 1 is 1.25 bits per heavy atom. The van der Waals surface area contributed by atoms with Crippen LogP contribution in [0.5, 0.6) is 0 Å². The summed E-state index contributed by atoms with van der Waals surface area (Å²) in [5.41, 5.74) is 8.11. The third-order valence-electron chi connectivity index (χ3n) is 2.91.